The van der Waals surface area contributed by atoms with Gasteiger partial charge in [-0.25, -0.2) is 0 Å². The fourth-order valence-electron chi connectivity index (χ4n) is 3.85. The lowest BCUT2D eigenvalue weighted by Gasteiger charge is -2.43. The number of carbonyl (C=O) groups excluding carboxylic acids is 1. The molecule has 1 N–H and O–H groups in total. The number of hydrogen-bond acceptors (Lipinski definition) is 4. The molecule has 0 radical (unpaired) electrons. The molecule has 6 nitrogen and oxygen atoms in total. The summed E-state index contributed by atoms with van der Waals surface area (Å²) in [6.45, 7) is 3.79. The molecule has 3 heterocycles. The van der Waals surface area contributed by atoms with E-state index < -0.39 is 0 Å². The Balaban J connectivity index is 1.46. The van der Waals surface area contributed by atoms with E-state index in [9.17, 15) is 4.79 Å². The molecule has 2 fully saturated rings. The van der Waals surface area contributed by atoms with Gasteiger partial charge in [0.25, 0.3) is 5.91 Å². The highest BCUT2D eigenvalue weighted by Gasteiger charge is 2.31. The smallest absolute Gasteiger partial charge is 0.271 e. The van der Waals surface area contributed by atoms with E-state index in [1.165, 1.54) is 25.8 Å². The van der Waals surface area contributed by atoms with Crippen molar-refractivity contribution in [3.05, 3.63) is 36.0 Å². The third-order valence-electron chi connectivity index (χ3n) is 5.32. The Morgan fingerprint density at radius 2 is 2.04 bits per heavy atom. The number of carbonyl (C=O) groups is 1. The summed E-state index contributed by atoms with van der Waals surface area (Å²) >= 11 is 0. The highest BCUT2D eigenvalue weighted by atomic mass is 16.5. The van der Waals surface area contributed by atoms with Gasteiger partial charge in [-0.3, -0.25) is 14.8 Å². The van der Waals surface area contributed by atoms with E-state index in [-0.39, 0.29) is 5.91 Å². The zero-order valence-electron chi connectivity index (χ0n) is 14.6. The minimum atomic E-state index is 0.0532. The summed E-state index contributed by atoms with van der Waals surface area (Å²) in [7, 11) is 1.65. The third kappa shape index (κ3) is 3.26. The van der Waals surface area contributed by atoms with Gasteiger partial charge in [0.2, 0.25) is 0 Å². The third-order valence-corrected chi connectivity index (χ3v) is 5.32. The number of hydrogen-bond donors (Lipinski definition) is 1. The number of nitrogens with one attached hydrogen (secondary N) is 1. The van der Waals surface area contributed by atoms with E-state index in [1.54, 1.807) is 7.11 Å². The Hall–Kier alpha value is -2.34. The zero-order chi connectivity index (χ0) is 17.2. The average Bonchev–Trinajstić information content (AvgIpc) is 3.17. The van der Waals surface area contributed by atoms with Crippen molar-refractivity contribution in [3.63, 3.8) is 0 Å². The van der Waals surface area contributed by atoms with Crippen molar-refractivity contribution >= 4 is 5.91 Å². The van der Waals surface area contributed by atoms with Crippen molar-refractivity contribution in [1.29, 1.82) is 0 Å². The van der Waals surface area contributed by atoms with Crippen LogP contribution in [-0.2, 0) is 0 Å². The average molecular weight is 340 g/mol. The molecule has 6 heteroatoms. The predicted octanol–water partition coefficient (Wildman–Crippen LogP) is 2.40. The number of benzene rings is 1. The van der Waals surface area contributed by atoms with Gasteiger partial charge in [0.15, 0.2) is 0 Å². The Kier molecular flexibility index (Phi) is 4.44. The van der Waals surface area contributed by atoms with E-state index in [4.69, 9.17) is 4.74 Å². The van der Waals surface area contributed by atoms with Crippen molar-refractivity contribution in [2.24, 2.45) is 0 Å². The molecule has 2 aliphatic heterocycles. The van der Waals surface area contributed by atoms with Crippen LogP contribution < -0.4 is 4.74 Å². The number of ether oxygens (including phenoxy) is 1. The lowest BCUT2D eigenvalue weighted by atomic mass is 9.99. The number of methoxy groups -OCH3 is 1. The Morgan fingerprint density at radius 1 is 1.20 bits per heavy atom. The second-order valence-electron chi connectivity index (χ2n) is 6.83. The highest BCUT2D eigenvalue weighted by Crippen LogP contribution is 2.24. The van der Waals surface area contributed by atoms with Crippen LogP contribution in [0.15, 0.2) is 30.3 Å². The number of amides is 1. The molecule has 0 saturated carbocycles. The molecule has 2 aliphatic rings. The largest absolute Gasteiger partial charge is 0.497 e. The van der Waals surface area contributed by atoms with Crippen LogP contribution in [-0.4, -0.2) is 65.2 Å². The fourth-order valence-corrected chi connectivity index (χ4v) is 3.85. The first-order valence-electron chi connectivity index (χ1n) is 8.98. The first-order valence-corrected chi connectivity index (χ1v) is 8.98. The van der Waals surface area contributed by atoms with Crippen LogP contribution in [0.2, 0.25) is 0 Å². The van der Waals surface area contributed by atoms with Crippen LogP contribution in [0.5, 0.6) is 5.75 Å². The molecular weight excluding hydrogens is 316 g/mol. The molecule has 0 aliphatic carbocycles. The van der Waals surface area contributed by atoms with E-state index in [1.807, 2.05) is 35.2 Å². The van der Waals surface area contributed by atoms with Gasteiger partial charge < -0.3 is 9.64 Å². The van der Waals surface area contributed by atoms with E-state index in [0.717, 1.165) is 36.6 Å². The molecular formula is C19H24N4O2. The summed E-state index contributed by atoms with van der Waals surface area (Å²) in [6.07, 6.45) is 3.76. The summed E-state index contributed by atoms with van der Waals surface area (Å²) in [5, 5.41) is 7.23. The van der Waals surface area contributed by atoms with Gasteiger partial charge in [0.1, 0.15) is 11.4 Å². The van der Waals surface area contributed by atoms with Crippen LogP contribution in [0.4, 0.5) is 0 Å². The Morgan fingerprint density at radius 3 is 2.84 bits per heavy atom. The van der Waals surface area contributed by atoms with Crippen molar-refractivity contribution < 1.29 is 9.53 Å². The molecule has 1 atom stereocenters. The van der Waals surface area contributed by atoms with Crippen molar-refractivity contribution in [3.8, 4) is 17.0 Å². The maximum Gasteiger partial charge on any atom is 0.271 e. The highest BCUT2D eigenvalue weighted by molar-refractivity contribution is 5.93. The van der Waals surface area contributed by atoms with Crippen LogP contribution in [0, 0.1) is 0 Å². The second kappa shape index (κ2) is 6.88. The van der Waals surface area contributed by atoms with E-state index >= 15 is 0 Å². The van der Waals surface area contributed by atoms with Gasteiger partial charge in [-0.15, -0.1) is 0 Å². The quantitative estimate of drug-likeness (QED) is 0.932. The second-order valence-corrected chi connectivity index (χ2v) is 6.83. The van der Waals surface area contributed by atoms with Gasteiger partial charge in [-0.2, -0.15) is 5.10 Å². The summed E-state index contributed by atoms with van der Waals surface area (Å²) in [4.78, 5) is 17.3. The molecule has 132 valence electrons. The number of aromatic amines is 1. The van der Waals surface area contributed by atoms with Crippen LogP contribution in [0.3, 0.4) is 0 Å². The molecule has 2 saturated heterocycles. The number of nitrogens with zero attached hydrogens (tertiary/aromatic N) is 3. The summed E-state index contributed by atoms with van der Waals surface area (Å²) in [5.41, 5.74) is 2.31. The molecule has 1 amide bonds. The first-order chi connectivity index (χ1) is 12.2. The standard InChI is InChI=1S/C19H24N4O2/c1-25-16-7-5-14(6-8-16)17-12-18(21-20-17)19(24)23-11-10-22-9-3-2-4-15(22)13-23/h5-8,12,15H,2-4,9-11,13H2,1H3,(H,20,21). The monoisotopic (exact) mass is 340 g/mol. The predicted molar refractivity (Wildman–Crippen MR) is 95.7 cm³/mol. The van der Waals surface area contributed by atoms with Crippen molar-refractivity contribution in [2.45, 2.75) is 25.3 Å². The molecule has 1 aromatic carbocycles. The Labute approximate surface area is 147 Å². The SMILES string of the molecule is COc1ccc(-c2cc(C(=O)N3CCN4CCCCC4C3)[nH]n2)cc1. The van der Waals surface area contributed by atoms with Gasteiger partial charge in [0, 0.05) is 31.2 Å². The van der Waals surface area contributed by atoms with Crippen molar-refractivity contribution in [2.75, 3.05) is 33.3 Å². The minimum Gasteiger partial charge on any atom is -0.497 e. The molecule has 4 rings (SSSR count). The number of fused-ring (bicyclic) bond motifs is 1. The lowest BCUT2D eigenvalue weighted by molar-refractivity contribution is 0.0368. The maximum atomic E-state index is 12.8. The number of H-pyrrole nitrogens is 1. The minimum absolute atomic E-state index is 0.0532. The molecule has 1 unspecified atom stereocenters. The molecule has 25 heavy (non-hydrogen) atoms. The molecule has 2 aromatic rings. The molecule has 0 spiro atoms. The van der Waals surface area contributed by atoms with Crippen LogP contribution >= 0.6 is 0 Å². The van der Waals surface area contributed by atoms with Gasteiger partial charge in [-0.1, -0.05) is 6.42 Å². The van der Waals surface area contributed by atoms with Crippen LogP contribution in [0.1, 0.15) is 29.8 Å². The number of piperazine rings is 1. The van der Waals surface area contributed by atoms with Gasteiger partial charge >= 0.3 is 0 Å². The summed E-state index contributed by atoms with van der Waals surface area (Å²) in [5.74, 6) is 0.860. The van der Waals surface area contributed by atoms with Gasteiger partial charge in [0.05, 0.1) is 12.8 Å². The number of piperidine rings is 1. The van der Waals surface area contributed by atoms with Crippen molar-refractivity contribution in [1.82, 2.24) is 20.0 Å². The summed E-state index contributed by atoms with van der Waals surface area (Å²) < 4.78 is 5.18. The fraction of sp³-hybridized carbons (Fsp3) is 0.474. The number of rotatable bonds is 3. The Bertz CT molecular complexity index is 740. The number of aromatic nitrogens is 2. The maximum absolute atomic E-state index is 12.8. The molecule has 0 bridgehead atoms. The molecule has 1 aromatic heterocycles. The van der Waals surface area contributed by atoms with Crippen LogP contribution in [0.25, 0.3) is 11.3 Å². The van der Waals surface area contributed by atoms with Gasteiger partial charge in [-0.05, 0) is 49.7 Å². The topological polar surface area (TPSA) is 61.5 Å². The normalized spacial score (nSPS) is 21.0. The summed E-state index contributed by atoms with van der Waals surface area (Å²) in [6, 6.07) is 10.1. The lowest BCUT2D eigenvalue weighted by Crippen LogP contribution is -2.56. The van der Waals surface area contributed by atoms with E-state index in [2.05, 4.69) is 15.1 Å². The zero-order valence-corrected chi connectivity index (χ0v) is 14.6. The van der Waals surface area contributed by atoms with E-state index in [0.29, 0.717) is 11.7 Å². The first kappa shape index (κ1) is 16.1.